The zero-order chi connectivity index (χ0) is 15.5. The number of carbonyl (C=O) groups is 2. The number of carboxylic acid groups (broad SMARTS) is 1. The maximum atomic E-state index is 13.1. The van der Waals surface area contributed by atoms with Crippen LogP contribution in [-0.2, 0) is 16.0 Å². The van der Waals surface area contributed by atoms with Gasteiger partial charge in [0.15, 0.2) is 0 Å². The first-order valence-electron chi connectivity index (χ1n) is 7.20. The van der Waals surface area contributed by atoms with Gasteiger partial charge >= 0.3 is 5.97 Å². The van der Waals surface area contributed by atoms with Gasteiger partial charge in [0.1, 0.15) is 11.4 Å². The Balaban J connectivity index is 2.07. The number of carboxylic acids is 1. The Kier molecular flexibility index (Phi) is 4.60. The van der Waals surface area contributed by atoms with Crippen LogP contribution in [0, 0.1) is 11.7 Å². The Morgan fingerprint density at radius 1 is 1.48 bits per heavy atom. The maximum Gasteiger partial charge on any atom is 0.329 e. The molecule has 0 aliphatic heterocycles. The molecule has 1 fully saturated rings. The predicted molar refractivity (Wildman–Crippen MR) is 76.2 cm³/mol. The second-order valence-corrected chi connectivity index (χ2v) is 5.94. The molecule has 21 heavy (non-hydrogen) atoms. The Labute approximate surface area is 123 Å². The molecule has 2 unspecified atom stereocenters. The van der Waals surface area contributed by atoms with E-state index in [0.29, 0.717) is 18.4 Å². The quantitative estimate of drug-likeness (QED) is 0.896. The third kappa shape index (κ3) is 3.80. The topological polar surface area (TPSA) is 66.4 Å². The van der Waals surface area contributed by atoms with Crippen molar-refractivity contribution in [2.45, 2.75) is 44.6 Å². The summed E-state index contributed by atoms with van der Waals surface area (Å²) in [5.74, 6) is -1.50. The van der Waals surface area contributed by atoms with E-state index in [4.69, 9.17) is 0 Å². The fraction of sp³-hybridized carbons (Fsp3) is 0.500. The molecule has 0 aromatic heterocycles. The van der Waals surface area contributed by atoms with Crippen LogP contribution in [0.15, 0.2) is 24.3 Å². The highest BCUT2D eigenvalue weighted by Crippen LogP contribution is 2.32. The van der Waals surface area contributed by atoms with Crippen LogP contribution in [0.25, 0.3) is 0 Å². The molecule has 0 saturated heterocycles. The first kappa shape index (κ1) is 15.5. The number of rotatable bonds is 4. The van der Waals surface area contributed by atoms with Crippen molar-refractivity contribution in [1.82, 2.24) is 5.32 Å². The molecule has 1 saturated carbocycles. The molecule has 2 N–H and O–H groups in total. The van der Waals surface area contributed by atoms with Gasteiger partial charge in [-0.25, -0.2) is 9.18 Å². The van der Waals surface area contributed by atoms with Crippen molar-refractivity contribution in [3.05, 3.63) is 35.6 Å². The van der Waals surface area contributed by atoms with Crippen LogP contribution in [0.2, 0.25) is 0 Å². The largest absolute Gasteiger partial charge is 0.480 e. The van der Waals surface area contributed by atoms with E-state index in [1.54, 1.807) is 6.07 Å². The lowest BCUT2D eigenvalue weighted by molar-refractivity contribution is -0.150. The summed E-state index contributed by atoms with van der Waals surface area (Å²) in [4.78, 5) is 23.7. The van der Waals surface area contributed by atoms with Gasteiger partial charge in [-0.15, -0.1) is 0 Å². The van der Waals surface area contributed by atoms with Gasteiger partial charge in [0.2, 0.25) is 5.91 Å². The second kappa shape index (κ2) is 6.24. The third-order valence-corrected chi connectivity index (χ3v) is 4.04. The van der Waals surface area contributed by atoms with E-state index in [1.165, 1.54) is 18.2 Å². The molecular formula is C16H20FNO3. The number of amides is 1. The van der Waals surface area contributed by atoms with E-state index in [9.17, 15) is 19.1 Å². The van der Waals surface area contributed by atoms with Crippen LogP contribution >= 0.6 is 0 Å². The summed E-state index contributed by atoms with van der Waals surface area (Å²) in [5, 5.41) is 12.2. The summed E-state index contributed by atoms with van der Waals surface area (Å²) in [6.45, 7) is 2.00. The highest BCUT2D eigenvalue weighted by Gasteiger charge is 2.43. The molecule has 5 heteroatoms. The minimum absolute atomic E-state index is 0.0127. The molecule has 1 aromatic rings. The normalized spacial score (nSPS) is 25.3. The van der Waals surface area contributed by atoms with Crippen molar-refractivity contribution in [3.63, 3.8) is 0 Å². The molecule has 0 spiro atoms. The Morgan fingerprint density at radius 2 is 2.24 bits per heavy atom. The molecule has 1 aromatic carbocycles. The number of nitrogens with one attached hydrogen (secondary N) is 1. The molecule has 0 bridgehead atoms. The second-order valence-electron chi connectivity index (χ2n) is 5.94. The molecule has 4 nitrogen and oxygen atoms in total. The SMILES string of the molecule is CC1CCCC(NC(=O)Cc2cccc(F)c2)(C(=O)O)C1. The van der Waals surface area contributed by atoms with Gasteiger partial charge in [0.05, 0.1) is 6.42 Å². The maximum absolute atomic E-state index is 13.1. The van der Waals surface area contributed by atoms with Crippen LogP contribution < -0.4 is 5.32 Å². The molecule has 2 rings (SSSR count). The standard InChI is InChI=1S/C16H20FNO3/c1-11-4-3-7-16(10-11,15(20)21)18-14(19)9-12-5-2-6-13(17)8-12/h2,5-6,8,11H,3-4,7,9-10H2,1H3,(H,18,19)(H,20,21). The van der Waals surface area contributed by atoms with E-state index in [0.717, 1.165) is 12.8 Å². The van der Waals surface area contributed by atoms with Crippen LogP contribution in [0.5, 0.6) is 0 Å². The van der Waals surface area contributed by atoms with E-state index in [1.807, 2.05) is 6.92 Å². The molecule has 2 atom stereocenters. The monoisotopic (exact) mass is 293 g/mol. The Hall–Kier alpha value is -1.91. The minimum atomic E-state index is -1.18. The molecule has 1 amide bonds. The Bertz CT molecular complexity index is 546. The highest BCUT2D eigenvalue weighted by molar-refractivity contribution is 5.88. The molecule has 0 radical (unpaired) electrons. The number of halogens is 1. The molecular weight excluding hydrogens is 273 g/mol. The summed E-state index contributed by atoms with van der Waals surface area (Å²) in [5.41, 5.74) is -0.640. The fourth-order valence-corrected chi connectivity index (χ4v) is 3.06. The van der Waals surface area contributed by atoms with Crippen LogP contribution in [-0.4, -0.2) is 22.5 Å². The summed E-state index contributed by atoms with van der Waals surface area (Å²) in [6.07, 6.45) is 2.64. The van der Waals surface area contributed by atoms with Crippen molar-refractivity contribution in [1.29, 1.82) is 0 Å². The number of hydrogen-bond acceptors (Lipinski definition) is 2. The van der Waals surface area contributed by atoms with Gasteiger partial charge in [0.25, 0.3) is 0 Å². The van der Waals surface area contributed by atoms with Crippen molar-refractivity contribution < 1.29 is 19.1 Å². The van der Waals surface area contributed by atoms with Crippen LogP contribution in [0.3, 0.4) is 0 Å². The van der Waals surface area contributed by atoms with Crippen molar-refractivity contribution in [3.8, 4) is 0 Å². The fourth-order valence-electron chi connectivity index (χ4n) is 3.06. The summed E-state index contributed by atoms with van der Waals surface area (Å²) < 4.78 is 13.1. The molecule has 1 aliphatic carbocycles. The van der Waals surface area contributed by atoms with E-state index >= 15 is 0 Å². The lowest BCUT2D eigenvalue weighted by atomic mass is 9.76. The van der Waals surface area contributed by atoms with Gasteiger partial charge < -0.3 is 10.4 Å². The van der Waals surface area contributed by atoms with E-state index < -0.39 is 17.3 Å². The van der Waals surface area contributed by atoms with Crippen molar-refractivity contribution in [2.75, 3.05) is 0 Å². The summed E-state index contributed by atoms with van der Waals surface area (Å²) >= 11 is 0. The van der Waals surface area contributed by atoms with E-state index in [-0.39, 0.29) is 18.2 Å². The average Bonchev–Trinajstić information content (AvgIpc) is 2.38. The van der Waals surface area contributed by atoms with Gasteiger partial charge in [-0.05, 0) is 36.5 Å². The number of hydrogen-bond donors (Lipinski definition) is 2. The number of carbonyl (C=O) groups excluding carboxylic acids is 1. The van der Waals surface area contributed by atoms with Crippen LogP contribution in [0.4, 0.5) is 4.39 Å². The van der Waals surface area contributed by atoms with E-state index in [2.05, 4.69) is 5.32 Å². The summed E-state index contributed by atoms with van der Waals surface area (Å²) in [7, 11) is 0. The predicted octanol–water partition coefficient (Wildman–Crippen LogP) is 2.52. The molecule has 114 valence electrons. The average molecular weight is 293 g/mol. The molecule has 1 aliphatic rings. The van der Waals surface area contributed by atoms with Crippen molar-refractivity contribution in [2.24, 2.45) is 5.92 Å². The van der Waals surface area contributed by atoms with Gasteiger partial charge in [-0.3, -0.25) is 4.79 Å². The first-order valence-corrected chi connectivity index (χ1v) is 7.20. The minimum Gasteiger partial charge on any atom is -0.480 e. The zero-order valence-electron chi connectivity index (χ0n) is 12.1. The lowest BCUT2D eigenvalue weighted by Crippen LogP contribution is -2.57. The summed E-state index contributed by atoms with van der Waals surface area (Å²) in [6, 6.07) is 5.78. The van der Waals surface area contributed by atoms with Gasteiger partial charge in [-0.2, -0.15) is 0 Å². The molecule has 0 heterocycles. The first-order chi connectivity index (χ1) is 9.91. The van der Waals surface area contributed by atoms with Gasteiger partial charge in [0, 0.05) is 0 Å². The van der Waals surface area contributed by atoms with Crippen molar-refractivity contribution >= 4 is 11.9 Å². The van der Waals surface area contributed by atoms with Crippen LogP contribution in [0.1, 0.15) is 38.2 Å². The zero-order valence-corrected chi connectivity index (χ0v) is 12.1. The smallest absolute Gasteiger partial charge is 0.329 e. The number of aliphatic carboxylic acids is 1. The highest BCUT2D eigenvalue weighted by atomic mass is 19.1. The number of benzene rings is 1. The van der Waals surface area contributed by atoms with Gasteiger partial charge in [-0.1, -0.05) is 31.9 Å². The third-order valence-electron chi connectivity index (χ3n) is 4.04. The lowest BCUT2D eigenvalue weighted by Gasteiger charge is -2.37. The Morgan fingerprint density at radius 3 is 2.86 bits per heavy atom.